The maximum atomic E-state index is 13.4. The van der Waals surface area contributed by atoms with Crippen molar-refractivity contribution in [2.24, 2.45) is 5.73 Å². The van der Waals surface area contributed by atoms with Crippen molar-refractivity contribution in [3.8, 4) is 5.75 Å². The van der Waals surface area contributed by atoms with Crippen molar-refractivity contribution >= 4 is 11.6 Å². The maximum absolute atomic E-state index is 13.4. The number of nitrogens with two attached hydrogens (primary N) is 1. The summed E-state index contributed by atoms with van der Waals surface area (Å²) in [5, 5.41) is 9.43. The monoisotopic (exact) mass is 217 g/mol. The van der Waals surface area contributed by atoms with Crippen molar-refractivity contribution in [2.45, 2.75) is 19.3 Å². The molecule has 0 aromatic heterocycles. The lowest BCUT2D eigenvalue weighted by Crippen LogP contribution is -2.00. The first kappa shape index (κ1) is 11.3. The summed E-state index contributed by atoms with van der Waals surface area (Å²) in [5.41, 5.74) is 5.60. The van der Waals surface area contributed by atoms with Gasteiger partial charge in [0, 0.05) is 5.56 Å². The molecule has 78 valence electrons. The summed E-state index contributed by atoms with van der Waals surface area (Å²) in [7, 11) is 0. The summed E-state index contributed by atoms with van der Waals surface area (Å²) in [6.07, 6.45) is 2.03. The molecule has 0 aliphatic heterocycles. The molecular formula is C10H13ClFNO. The SMILES string of the molecule is NCCCCc1c(O)ccc(Cl)c1F. The summed E-state index contributed by atoms with van der Waals surface area (Å²) in [6.45, 7) is 0.572. The lowest BCUT2D eigenvalue weighted by molar-refractivity contribution is 0.456. The second-order valence-electron chi connectivity index (χ2n) is 3.10. The minimum absolute atomic E-state index is 0.0380. The molecule has 4 heteroatoms. The maximum Gasteiger partial charge on any atom is 0.148 e. The predicted molar refractivity (Wildman–Crippen MR) is 55.1 cm³/mol. The molecule has 1 rings (SSSR count). The molecule has 1 aromatic rings. The minimum Gasteiger partial charge on any atom is -0.508 e. The zero-order valence-corrected chi connectivity index (χ0v) is 8.52. The number of phenols is 1. The van der Waals surface area contributed by atoms with Gasteiger partial charge in [0.1, 0.15) is 11.6 Å². The Morgan fingerprint density at radius 1 is 1.36 bits per heavy atom. The van der Waals surface area contributed by atoms with E-state index in [1.54, 1.807) is 0 Å². The van der Waals surface area contributed by atoms with E-state index < -0.39 is 5.82 Å². The van der Waals surface area contributed by atoms with Crippen LogP contribution in [0.15, 0.2) is 12.1 Å². The van der Waals surface area contributed by atoms with Crippen LogP contribution in [0.4, 0.5) is 4.39 Å². The number of hydrogen-bond donors (Lipinski definition) is 2. The molecule has 0 saturated heterocycles. The van der Waals surface area contributed by atoms with Crippen LogP contribution in [0.3, 0.4) is 0 Å². The van der Waals surface area contributed by atoms with Crippen LogP contribution in [0.25, 0.3) is 0 Å². The lowest BCUT2D eigenvalue weighted by Gasteiger charge is -2.06. The summed E-state index contributed by atoms with van der Waals surface area (Å²) >= 11 is 5.59. The molecule has 0 aliphatic carbocycles. The van der Waals surface area contributed by atoms with Crippen LogP contribution >= 0.6 is 11.6 Å². The van der Waals surface area contributed by atoms with Gasteiger partial charge >= 0.3 is 0 Å². The second kappa shape index (κ2) is 5.17. The molecule has 14 heavy (non-hydrogen) atoms. The molecule has 0 fully saturated rings. The average molecular weight is 218 g/mol. The Bertz CT molecular complexity index is 317. The Morgan fingerprint density at radius 3 is 2.71 bits per heavy atom. The van der Waals surface area contributed by atoms with Gasteiger partial charge in [-0.3, -0.25) is 0 Å². The number of aromatic hydroxyl groups is 1. The second-order valence-corrected chi connectivity index (χ2v) is 3.51. The molecule has 1 aromatic carbocycles. The molecule has 0 bridgehead atoms. The average Bonchev–Trinajstić information content (AvgIpc) is 2.18. The van der Waals surface area contributed by atoms with E-state index in [1.165, 1.54) is 12.1 Å². The van der Waals surface area contributed by atoms with Crippen molar-refractivity contribution in [1.82, 2.24) is 0 Å². The highest BCUT2D eigenvalue weighted by Gasteiger charge is 2.10. The summed E-state index contributed by atoms with van der Waals surface area (Å²) in [6, 6.07) is 2.75. The van der Waals surface area contributed by atoms with Crippen LogP contribution in [0.5, 0.6) is 5.75 Å². The molecule has 0 saturated carbocycles. The molecule has 3 N–H and O–H groups in total. The van der Waals surface area contributed by atoms with Crippen molar-refractivity contribution < 1.29 is 9.50 Å². The number of benzene rings is 1. The van der Waals surface area contributed by atoms with Gasteiger partial charge < -0.3 is 10.8 Å². The molecule has 0 atom stereocenters. The molecule has 0 amide bonds. The fourth-order valence-corrected chi connectivity index (χ4v) is 1.44. The van der Waals surface area contributed by atoms with Gasteiger partial charge in [-0.2, -0.15) is 0 Å². The van der Waals surface area contributed by atoms with Gasteiger partial charge in [-0.25, -0.2) is 4.39 Å². The quantitative estimate of drug-likeness (QED) is 0.762. The van der Waals surface area contributed by atoms with E-state index in [4.69, 9.17) is 17.3 Å². The molecule has 0 aliphatic rings. The van der Waals surface area contributed by atoms with Gasteiger partial charge in [0.2, 0.25) is 0 Å². The van der Waals surface area contributed by atoms with E-state index in [9.17, 15) is 9.50 Å². The first-order chi connectivity index (χ1) is 6.66. The van der Waals surface area contributed by atoms with Crippen molar-refractivity contribution in [3.05, 3.63) is 28.5 Å². The third kappa shape index (κ3) is 2.59. The molecule has 0 radical (unpaired) electrons. The van der Waals surface area contributed by atoms with E-state index in [2.05, 4.69) is 0 Å². The van der Waals surface area contributed by atoms with Crippen LogP contribution in [0.2, 0.25) is 5.02 Å². The molecule has 2 nitrogen and oxygen atoms in total. The smallest absolute Gasteiger partial charge is 0.148 e. The number of rotatable bonds is 4. The van der Waals surface area contributed by atoms with E-state index in [1.807, 2.05) is 0 Å². The molecule has 0 heterocycles. The van der Waals surface area contributed by atoms with Crippen molar-refractivity contribution in [2.75, 3.05) is 6.54 Å². The fourth-order valence-electron chi connectivity index (χ4n) is 1.27. The summed E-state index contributed by atoms with van der Waals surface area (Å²) < 4.78 is 13.4. The first-order valence-corrected chi connectivity index (χ1v) is 4.90. The van der Waals surface area contributed by atoms with Gasteiger partial charge in [-0.05, 0) is 37.9 Å². The van der Waals surface area contributed by atoms with Gasteiger partial charge in [0.25, 0.3) is 0 Å². The normalized spacial score (nSPS) is 10.5. The van der Waals surface area contributed by atoms with E-state index in [0.29, 0.717) is 13.0 Å². The molecular weight excluding hydrogens is 205 g/mol. The van der Waals surface area contributed by atoms with E-state index in [-0.39, 0.29) is 16.3 Å². The lowest BCUT2D eigenvalue weighted by atomic mass is 10.1. The third-order valence-corrected chi connectivity index (χ3v) is 2.34. The highest BCUT2D eigenvalue weighted by atomic mass is 35.5. The van der Waals surface area contributed by atoms with Crippen LogP contribution in [-0.4, -0.2) is 11.7 Å². The number of phenolic OH excluding ortho intramolecular Hbond substituents is 1. The zero-order chi connectivity index (χ0) is 10.6. The topological polar surface area (TPSA) is 46.2 Å². The highest BCUT2D eigenvalue weighted by molar-refractivity contribution is 6.30. The van der Waals surface area contributed by atoms with E-state index in [0.717, 1.165) is 12.8 Å². The van der Waals surface area contributed by atoms with Crippen LogP contribution in [-0.2, 0) is 6.42 Å². The Morgan fingerprint density at radius 2 is 2.07 bits per heavy atom. The van der Waals surface area contributed by atoms with Crippen LogP contribution in [0.1, 0.15) is 18.4 Å². The van der Waals surface area contributed by atoms with E-state index >= 15 is 0 Å². The number of halogens is 2. The largest absolute Gasteiger partial charge is 0.508 e. The molecule has 0 spiro atoms. The first-order valence-electron chi connectivity index (χ1n) is 4.52. The number of hydrogen-bond acceptors (Lipinski definition) is 2. The Hall–Kier alpha value is -0.800. The van der Waals surface area contributed by atoms with Crippen LogP contribution in [0, 0.1) is 5.82 Å². The van der Waals surface area contributed by atoms with Gasteiger partial charge in [-0.15, -0.1) is 0 Å². The zero-order valence-electron chi connectivity index (χ0n) is 7.76. The fraction of sp³-hybridized carbons (Fsp3) is 0.400. The van der Waals surface area contributed by atoms with Crippen molar-refractivity contribution in [3.63, 3.8) is 0 Å². The standard InChI is InChI=1S/C10H13ClFNO/c11-8-4-5-9(14)7(10(8)12)3-1-2-6-13/h4-5,14H,1-3,6,13H2. The summed E-state index contributed by atoms with van der Waals surface area (Å²) in [5.74, 6) is -0.562. The van der Waals surface area contributed by atoms with Gasteiger partial charge in [0.15, 0.2) is 0 Å². The third-order valence-electron chi connectivity index (χ3n) is 2.05. The van der Waals surface area contributed by atoms with Crippen molar-refractivity contribution in [1.29, 1.82) is 0 Å². The van der Waals surface area contributed by atoms with Gasteiger partial charge in [-0.1, -0.05) is 11.6 Å². The van der Waals surface area contributed by atoms with Gasteiger partial charge in [0.05, 0.1) is 5.02 Å². The minimum atomic E-state index is -0.524. The van der Waals surface area contributed by atoms with Crippen LogP contribution < -0.4 is 5.73 Å². The Labute approximate surface area is 87.5 Å². The highest BCUT2D eigenvalue weighted by Crippen LogP contribution is 2.27. The molecule has 0 unspecified atom stereocenters. The number of unbranched alkanes of at least 4 members (excludes halogenated alkanes) is 1. The Kier molecular flexibility index (Phi) is 4.17. The predicted octanol–water partition coefficient (Wildman–Crippen LogP) is 2.47. The summed E-state index contributed by atoms with van der Waals surface area (Å²) in [4.78, 5) is 0. The Balaban J connectivity index is 2.79.